The van der Waals surface area contributed by atoms with Crippen LogP contribution in [-0.4, -0.2) is 21.0 Å². The second-order valence-electron chi connectivity index (χ2n) is 4.80. The van der Waals surface area contributed by atoms with Crippen molar-refractivity contribution in [2.24, 2.45) is 0 Å². The lowest BCUT2D eigenvalue weighted by Crippen LogP contribution is -2.15. The Morgan fingerprint density at radius 2 is 2.26 bits per heavy atom. The zero-order chi connectivity index (χ0) is 13.2. The summed E-state index contributed by atoms with van der Waals surface area (Å²) in [6, 6.07) is 5.29. The number of benzene rings is 1. The molecule has 4 nitrogen and oxygen atoms in total. The Balaban J connectivity index is 1.65. The van der Waals surface area contributed by atoms with Crippen molar-refractivity contribution in [1.29, 1.82) is 0 Å². The van der Waals surface area contributed by atoms with Crippen molar-refractivity contribution >= 4 is 11.6 Å². The summed E-state index contributed by atoms with van der Waals surface area (Å²) in [7, 11) is 0. The van der Waals surface area contributed by atoms with E-state index in [-0.39, 0.29) is 5.82 Å². The molecule has 1 aromatic carbocycles. The summed E-state index contributed by atoms with van der Waals surface area (Å²) in [5.74, 6) is -0.319. The molecule has 1 fully saturated rings. The molecule has 0 amide bonds. The maximum Gasteiger partial charge on any atom is 0.129 e. The molecule has 1 aliphatic rings. The number of nitrogens with zero attached hydrogens (tertiary/aromatic N) is 3. The molecule has 0 aliphatic heterocycles. The first-order valence-corrected chi connectivity index (χ1v) is 6.65. The second kappa shape index (κ2) is 5.27. The van der Waals surface area contributed by atoms with E-state index in [1.807, 2.05) is 6.20 Å². The molecule has 100 valence electrons. The van der Waals surface area contributed by atoms with Crippen LogP contribution in [0.5, 0.6) is 0 Å². The van der Waals surface area contributed by atoms with Gasteiger partial charge in [-0.3, -0.25) is 0 Å². The van der Waals surface area contributed by atoms with Crippen molar-refractivity contribution < 1.29 is 4.39 Å². The zero-order valence-corrected chi connectivity index (χ0v) is 11.1. The van der Waals surface area contributed by atoms with Gasteiger partial charge in [-0.2, -0.15) is 0 Å². The highest BCUT2D eigenvalue weighted by Crippen LogP contribution is 2.19. The van der Waals surface area contributed by atoms with E-state index in [4.69, 9.17) is 11.6 Å². The van der Waals surface area contributed by atoms with Gasteiger partial charge < -0.3 is 5.32 Å². The van der Waals surface area contributed by atoms with Crippen molar-refractivity contribution in [1.82, 2.24) is 20.3 Å². The van der Waals surface area contributed by atoms with Gasteiger partial charge in [-0.25, -0.2) is 9.07 Å². The first kappa shape index (κ1) is 12.6. The van der Waals surface area contributed by atoms with E-state index < -0.39 is 0 Å². The maximum atomic E-state index is 13.6. The monoisotopic (exact) mass is 280 g/mol. The van der Waals surface area contributed by atoms with Gasteiger partial charge in [-0.1, -0.05) is 22.9 Å². The second-order valence-corrected chi connectivity index (χ2v) is 5.23. The molecule has 1 saturated carbocycles. The summed E-state index contributed by atoms with van der Waals surface area (Å²) in [6.07, 6.45) is 4.32. The van der Waals surface area contributed by atoms with Gasteiger partial charge in [0.25, 0.3) is 0 Å². The van der Waals surface area contributed by atoms with E-state index in [0.717, 1.165) is 5.69 Å². The van der Waals surface area contributed by atoms with Gasteiger partial charge in [0.15, 0.2) is 0 Å². The van der Waals surface area contributed by atoms with E-state index in [0.29, 0.717) is 29.7 Å². The molecule has 0 bridgehead atoms. The molecule has 0 unspecified atom stereocenters. The summed E-state index contributed by atoms with van der Waals surface area (Å²) in [6.45, 7) is 1.08. The molecule has 0 radical (unpaired) electrons. The van der Waals surface area contributed by atoms with E-state index in [1.165, 1.54) is 18.9 Å². The van der Waals surface area contributed by atoms with Gasteiger partial charge in [0.2, 0.25) is 0 Å². The zero-order valence-electron chi connectivity index (χ0n) is 10.3. The van der Waals surface area contributed by atoms with Gasteiger partial charge in [-0.15, -0.1) is 5.10 Å². The van der Waals surface area contributed by atoms with Crippen LogP contribution in [0.2, 0.25) is 5.02 Å². The molecule has 1 heterocycles. The van der Waals surface area contributed by atoms with E-state index in [2.05, 4.69) is 15.6 Å². The molecular weight excluding hydrogens is 267 g/mol. The average molecular weight is 281 g/mol. The summed E-state index contributed by atoms with van der Waals surface area (Å²) >= 11 is 5.72. The molecule has 0 spiro atoms. The highest BCUT2D eigenvalue weighted by atomic mass is 35.5. The lowest BCUT2D eigenvalue weighted by molar-refractivity contribution is 0.577. The van der Waals surface area contributed by atoms with Crippen molar-refractivity contribution in [3.05, 3.63) is 46.5 Å². The third-order valence-electron chi connectivity index (χ3n) is 3.08. The Morgan fingerprint density at radius 3 is 3.00 bits per heavy atom. The van der Waals surface area contributed by atoms with Gasteiger partial charge in [0, 0.05) is 23.2 Å². The number of aromatic nitrogens is 3. The Morgan fingerprint density at radius 1 is 1.42 bits per heavy atom. The van der Waals surface area contributed by atoms with Crippen LogP contribution in [0, 0.1) is 5.82 Å². The van der Waals surface area contributed by atoms with Gasteiger partial charge in [-0.05, 0) is 25.0 Å². The van der Waals surface area contributed by atoms with Gasteiger partial charge >= 0.3 is 0 Å². The fraction of sp³-hybridized carbons (Fsp3) is 0.385. The normalized spacial score (nSPS) is 14.8. The Kier molecular flexibility index (Phi) is 3.48. The summed E-state index contributed by atoms with van der Waals surface area (Å²) in [5, 5.41) is 11.8. The average Bonchev–Trinajstić information content (AvgIpc) is 3.10. The highest BCUT2D eigenvalue weighted by molar-refractivity contribution is 6.30. The molecule has 6 heteroatoms. The number of nitrogens with one attached hydrogen (secondary N) is 1. The summed E-state index contributed by atoms with van der Waals surface area (Å²) in [5.41, 5.74) is 1.43. The molecule has 1 aromatic heterocycles. The van der Waals surface area contributed by atoms with Crippen LogP contribution < -0.4 is 5.32 Å². The Bertz CT molecular complexity index is 580. The molecule has 3 rings (SSSR count). The van der Waals surface area contributed by atoms with Crippen molar-refractivity contribution in [2.75, 3.05) is 0 Å². The summed E-state index contributed by atoms with van der Waals surface area (Å²) < 4.78 is 15.3. The number of rotatable bonds is 5. The van der Waals surface area contributed by atoms with Crippen LogP contribution in [0.4, 0.5) is 4.39 Å². The van der Waals surface area contributed by atoms with Crippen LogP contribution in [0.3, 0.4) is 0 Å². The highest BCUT2D eigenvalue weighted by Gasteiger charge is 2.20. The third-order valence-corrected chi connectivity index (χ3v) is 3.32. The minimum absolute atomic E-state index is 0.319. The molecule has 0 saturated heterocycles. The fourth-order valence-electron chi connectivity index (χ4n) is 1.86. The minimum atomic E-state index is -0.319. The molecular formula is C13H14ClFN4. The number of hydrogen-bond donors (Lipinski definition) is 1. The van der Waals surface area contributed by atoms with E-state index in [9.17, 15) is 4.39 Å². The SMILES string of the molecule is Fc1cc(Cl)ccc1Cn1cc(CNC2CC2)nn1. The van der Waals surface area contributed by atoms with Crippen LogP contribution in [0.25, 0.3) is 0 Å². The van der Waals surface area contributed by atoms with Crippen molar-refractivity contribution in [3.63, 3.8) is 0 Å². The largest absolute Gasteiger partial charge is 0.308 e. The standard InChI is InChI=1S/C13H14ClFN4/c14-10-2-1-9(13(15)5-10)7-19-8-12(17-18-19)6-16-11-3-4-11/h1-2,5,8,11,16H,3-4,6-7H2. The number of hydrogen-bond acceptors (Lipinski definition) is 3. The van der Waals surface area contributed by atoms with Gasteiger partial charge in [0.05, 0.1) is 18.4 Å². The first-order chi connectivity index (χ1) is 9.20. The molecule has 19 heavy (non-hydrogen) atoms. The Labute approximate surface area is 115 Å². The van der Waals surface area contributed by atoms with Crippen LogP contribution in [0.1, 0.15) is 24.1 Å². The van der Waals surface area contributed by atoms with E-state index >= 15 is 0 Å². The molecule has 0 atom stereocenters. The smallest absolute Gasteiger partial charge is 0.129 e. The van der Waals surface area contributed by atoms with Crippen LogP contribution >= 0.6 is 11.6 Å². The van der Waals surface area contributed by atoms with Crippen LogP contribution in [0.15, 0.2) is 24.4 Å². The summed E-state index contributed by atoms with van der Waals surface area (Å²) in [4.78, 5) is 0. The third kappa shape index (κ3) is 3.30. The minimum Gasteiger partial charge on any atom is -0.308 e. The molecule has 2 aromatic rings. The predicted molar refractivity (Wildman–Crippen MR) is 70.4 cm³/mol. The first-order valence-electron chi connectivity index (χ1n) is 6.27. The topological polar surface area (TPSA) is 42.7 Å². The van der Waals surface area contributed by atoms with Gasteiger partial charge in [0.1, 0.15) is 5.82 Å². The lowest BCUT2D eigenvalue weighted by atomic mass is 10.2. The van der Waals surface area contributed by atoms with Crippen molar-refractivity contribution in [2.45, 2.75) is 32.0 Å². The van der Waals surface area contributed by atoms with Crippen LogP contribution in [-0.2, 0) is 13.1 Å². The van der Waals surface area contributed by atoms with Crippen molar-refractivity contribution in [3.8, 4) is 0 Å². The fourth-order valence-corrected chi connectivity index (χ4v) is 2.02. The quantitative estimate of drug-likeness (QED) is 0.914. The lowest BCUT2D eigenvalue weighted by Gasteiger charge is -2.03. The predicted octanol–water partition coefficient (Wildman–Crippen LogP) is 2.37. The molecule has 1 N–H and O–H groups in total. The maximum absolute atomic E-state index is 13.6. The number of halogens is 2. The van der Waals surface area contributed by atoms with E-state index in [1.54, 1.807) is 16.8 Å². The molecule has 1 aliphatic carbocycles. The Hall–Kier alpha value is -1.46.